The number of nitrogens with two attached hydrogens (primary N) is 1. The van der Waals surface area contributed by atoms with Crippen LogP contribution in [0, 0.1) is 6.92 Å². The van der Waals surface area contributed by atoms with Gasteiger partial charge in [-0.15, -0.1) is 10.2 Å². The number of primary sulfonamides is 1. The molecule has 0 aliphatic heterocycles. The third-order valence-corrected chi connectivity index (χ3v) is 7.16. The maximum Gasteiger partial charge on any atom is 0.343 e. The minimum absolute atomic E-state index is 0.0126. The minimum atomic E-state index is -4.17. The zero-order chi connectivity index (χ0) is 21.2. The van der Waals surface area contributed by atoms with E-state index in [1.165, 1.54) is 18.2 Å². The lowest BCUT2D eigenvalue weighted by molar-refractivity contribution is 0.0733. The summed E-state index contributed by atoms with van der Waals surface area (Å²) < 4.78 is 54.4. The summed E-state index contributed by atoms with van der Waals surface area (Å²) in [6, 6.07) is 12.1. The van der Waals surface area contributed by atoms with Crippen LogP contribution in [-0.4, -0.2) is 33.0 Å². The number of hydrogen-bond acceptors (Lipinski definition) is 9. The molecule has 13 heteroatoms. The van der Waals surface area contributed by atoms with E-state index in [4.69, 9.17) is 9.88 Å². The number of esters is 1. The van der Waals surface area contributed by atoms with Crippen molar-refractivity contribution in [2.45, 2.75) is 16.2 Å². The number of carbonyl (C=O) groups is 1. The van der Waals surface area contributed by atoms with Gasteiger partial charge in [0.2, 0.25) is 9.47 Å². The summed E-state index contributed by atoms with van der Waals surface area (Å²) in [5.41, 5.74) is 0.756. The Balaban J connectivity index is 1.83. The van der Waals surface area contributed by atoms with E-state index >= 15 is 0 Å². The zero-order valence-electron chi connectivity index (χ0n) is 14.8. The summed E-state index contributed by atoms with van der Waals surface area (Å²) in [6.07, 6.45) is 0. The highest BCUT2D eigenvalue weighted by atomic mass is 32.2. The summed E-state index contributed by atoms with van der Waals surface area (Å²) >= 11 is 0.458. The summed E-state index contributed by atoms with van der Waals surface area (Å²) in [7, 11) is -8.27. The van der Waals surface area contributed by atoms with E-state index < -0.39 is 30.4 Å². The summed E-state index contributed by atoms with van der Waals surface area (Å²) in [4.78, 5) is 12.1. The number of aromatic nitrogens is 2. The second-order valence-electron chi connectivity index (χ2n) is 5.71. The van der Waals surface area contributed by atoms with Gasteiger partial charge >= 0.3 is 5.97 Å². The lowest BCUT2D eigenvalue weighted by atomic mass is 10.2. The number of anilines is 1. The van der Waals surface area contributed by atoms with E-state index in [9.17, 15) is 21.6 Å². The number of carbonyl (C=O) groups excluding carboxylic acids is 1. The molecule has 152 valence electrons. The molecule has 0 fully saturated rings. The number of benzene rings is 2. The molecule has 1 heterocycles. The van der Waals surface area contributed by atoms with Crippen LogP contribution in [0.1, 0.15) is 15.9 Å². The van der Waals surface area contributed by atoms with Gasteiger partial charge < -0.3 is 4.74 Å². The summed E-state index contributed by atoms with van der Waals surface area (Å²) in [5.74, 6) is -0.378. The first-order valence-electron chi connectivity index (χ1n) is 7.83. The largest absolute Gasteiger partial charge is 0.423 e. The topological polar surface area (TPSA) is 158 Å². The highest BCUT2D eigenvalue weighted by Gasteiger charge is 2.21. The lowest BCUT2D eigenvalue weighted by Gasteiger charge is -2.09. The van der Waals surface area contributed by atoms with E-state index in [2.05, 4.69) is 14.9 Å². The molecule has 3 N–H and O–H groups in total. The minimum Gasteiger partial charge on any atom is -0.423 e. The van der Waals surface area contributed by atoms with E-state index in [-0.39, 0.29) is 15.6 Å². The molecule has 1 aromatic heterocycles. The van der Waals surface area contributed by atoms with Crippen LogP contribution in [0.2, 0.25) is 0 Å². The van der Waals surface area contributed by atoms with Gasteiger partial charge in [-0.25, -0.2) is 26.8 Å². The molecule has 2 aromatic carbocycles. The van der Waals surface area contributed by atoms with E-state index in [1.54, 1.807) is 31.2 Å². The fourth-order valence-corrected chi connectivity index (χ4v) is 4.77. The molecule has 0 aliphatic carbocycles. The molecular formula is C16H14N4O6S3. The van der Waals surface area contributed by atoms with Crippen LogP contribution in [0.15, 0.2) is 57.8 Å². The number of ether oxygens (including phenoxy) is 1. The van der Waals surface area contributed by atoms with Crippen molar-refractivity contribution in [3.8, 4) is 5.75 Å². The fourth-order valence-electron chi connectivity index (χ4n) is 2.16. The molecule has 29 heavy (non-hydrogen) atoms. The van der Waals surface area contributed by atoms with E-state index in [0.717, 1.165) is 11.6 Å². The number of nitrogens with one attached hydrogen (secondary N) is 1. The first-order chi connectivity index (χ1) is 13.6. The monoisotopic (exact) mass is 454 g/mol. The predicted octanol–water partition coefficient (Wildman–Crippen LogP) is 1.51. The first-order valence-corrected chi connectivity index (χ1v) is 11.7. The third kappa shape index (κ3) is 4.95. The van der Waals surface area contributed by atoms with Crippen molar-refractivity contribution in [1.29, 1.82) is 0 Å². The molecule has 3 rings (SSSR count). The van der Waals surface area contributed by atoms with Crippen molar-refractivity contribution in [2.24, 2.45) is 5.14 Å². The van der Waals surface area contributed by atoms with Gasteiger partial charge in [0.15, 0.2) is 0 Å². The van der Waals surface area contributed by atoms with Crippen molar-refractivity contribution >= 4 is 42.5 Å². The van der Waals surface area contributed by atoms with Crippen molar-refractivity contribution in [3.63, 3.8) is 0 Å². The molecular weight excluding hydrogens is 440 g/mol. The molecule has 0 aliphatic rings. The van der Waals surface area contributed by atoms with Crippen LogP contribution < -0.4 is 14.6 Å². The van der Waals surface area contributed by atoms with Crippen LogP contribution in [0.25, 0.3) is 0 Å². The van der Waals surface area contributed by atoms with Gasteiger partial charge in [-0.2, -0.15) is 0 Å². The number of para-hydroxylation sites is 1. The van der Waals surface area contributed by atoms with Crippen LogP contribution >= 0.6 is 11.3 Å². The fraction of sp³-hybridized carbons (Fsp3) is 0.0625. The Bertz CT molecular complexity index is 1290. The molecule has 0 unspecified atom stereocenters. The standard InChI is InChI=1S/C16H14N4O6S3/c1-10-5-2-3-8-13(10)26-14(21)11-6-4-7-12(9-11)29(24,25)20-15-18-19-16(27-15)28(17,22)23/h2-9H,1H3,(H,18,20)(H2,17,22,23). The van der Waals surface area contributed by atoms with Crippen LogP contribution in [-0.2, 0) is 20.0 Å². The van der Waals surface area contributed by atoms with Crippen molar-refractivity contribution in [1.82, 2.24) is 10.2 Å². The maximum absolute atomic E-state index is 12.5. The Labute approximate surface area is 170 Å². The molecule has 3 aromatic rings. The molecule has 0 saturated heterocycles. The Morgan fingerprint density at radius 1 is 1.07 bits per heavy atom. The molecule has 0 amide bonds. The Kier molecular flexibility index (Phi) is 5.66. The number of hydrogen-bond donors (Lipinski definition) is 2. The van der Waals surface area contributed by atoms with Gasteiger partial charge in [0.05, 0.1) is 10.5 Å². The summed E-state index contributed by atoms with van der Waals surface area (Å²) in [6.45, 7) is 1.77. The molecule has 10 nitrogen and oxygen atoms in total. The lowest BCUT2D eigenvalue weighted by Crippen LogP contribution is -2.15. The molecule has 0 saturated carbocycles. The van der Waals surface area contributed by atoms with Crippen LogP contribution in [0.5, 0.6) is 5.75 Å². The highest BCUT2D eigenvalue weighted by Crippen LogP contribution is 2.23. The Morgan fingerprint density at radius 2 is 1.79 bits per heavy atom. The van der Waals surface area contributed by atoms with Gasteiger partial charge in [-0.3, -0.25) is 4.72 Å². The number of sulfonamides is 2. The van der Waals surface area contributed by atoms with Gasteiger partial charge in [-0.1, -0.05) is 35.6 Å². The third-order valence-electron chi connectivity index (χ3n) is 3.55. The Hall–Kier alpha value is -2.87. The van der Waals surface area contributed by atoms with E-state index in [1.807, 2.05) is 0 Å². The number of aryl methyl sites for hydroxylation is 1. The van der Waals surface area contributed by atoms with Gasteiger partial charge in [0.1, 0.15) is 5.75 Å². The number of rotatable bonds is 6. The Morgan fingerprint density at radius 3 is 2.45 bits per heavy atom. The van der Waals surface area contributed by atoms with E-state index in [0.29, 0.717) is 17.1 Å². The second kappa shape index (κ2) is 7.87. The smallest absolute Gasteiger partial charge is 0.343 e. The number of nitrogens with zero attached hydrogens (tertiary/aromatic N) is 2. The van der Waals surface area contributed by atoms with Crippen molar-refractivity contribution in [2.75, 3.05) is 4.72 Å². The maximum atomic E-state index is 12.5. The summed E-state index contributed by atoms with van der Waals surface area (Å²) in [5, 5.41) is 11.4. The molecule has 0 atom stereocenters. The zero-order valence-corrected chi connectivity index (χ0v) is 17.2. The van der Waals surface area contributed by atoms with Crippen LogP contribution in [0.3, 0.4) is 0 Å². The SMILES string of the molecule is Cc1ccccc1OC(=O)c1cccc(S(=O)(=O)Nc2nnc(S(N)(=O)=O)s2)c1. The normalized spacial score (nSPS) is 11.8. The quantitative estimate of drug-likeness (QED) is 0.419. The average Bonchev–Trinajstić information content (AvgIpc) is 3.12. The first kappa shape index (κ1) is 20.9. The van der Waals surface area contributed by atoms with Gasteiger partial charge in [-0.05, 0) is 36.8 Å². The highest BCUT2D eigenvalue weighted by molar-refractivity contribution is 7.93. The van der Waals surface area contributed by atoms with Crippen molar-refractivity contribution in [3.05, 3.63) is 59.7 Å². The second-order valence-corrected chi connectivity index (χ2v) is 10.1. The molecule has 0 radical (unpaired) electrons. The molecule has 0 spiro atoms. The van der Waals surface area contributed by atoms with Crippen molar-refractivity contribution < 1.29 is 26.4 Å². The molecule has 0 bridgehead atoms. The van der Waals surface area contributed by atoms with Crippen LogP contribution in [0.4, 0.5) is 5.13 Å². The van der Waals surface area contributed by atoms with Gasteiger partial charge in [0, 0.05) is 0 Å². The average molecular weight is 455 g/mol. The predicted molar refractivity (Wildman–Crippen MR) is 105 cm³/mol. The van der Waals surface area contributed by atoms with Gasteiger partial charge in [0.25, 0.3) is 20.0 Å².